The molecule has 0 bridgehead atoms. The first-order valence-corrected chi connectivity index (χ1v) is 11.4. The van der Waals surface area contributed by atoms with E-state index in [9.17, 15) is 0 Å². The van der Waals surface area contributed by atoms with Gasteiger partial charge in [0.1, 0.15) is 0 Å². The predicted molar refractivity (Wildman–Crippen MR) is 132 cm³/mol. The third-order valence-corrected chi connectivity index (χ3v) is 6.59. The summed E-state index contributed by atoms with van der Waals surface area (Å²) in [5.41, 5.74) is 6.84. The van der Waals surface area contributed by atoms with Gasteiger partial charge >= 0.3 is 0 Å². The van der Waals surface area contributed by atoms with Gasteiger partial charge in [-0.1, -0.05) is 103 Å². The lowest BCUT2D eigenvalue weighted by molar-refractivity contribution is 0.411. The van der Waals surface area contributed by atoms with Gasteiger partial charge in [0.05, 0.1) is 5.69 Å². The third kappa shape index (κ3) is 3.38. The van der Waals surface area contributed by atoms with Crippen molar-refractivity contribution >= 4 is 10.8 Å². The molecule has 2 nitrogen and oxygen atoms in total. The van der Waals surface area contributed by atoms with Gasteiger partial charge in [0.15, 0.2) is 5.82 Å². The molecule has 0 atom stereocenters. The minimum absolute atomic E-state index is 0.536. The van der Waals surface area contributed by atoms with E-state index in [0.717, 1.165) is 22.6 Å². The maximum Gasteiger partial charge on any atom is 0.160 e. The Morgan fingerprint density at radius 1 is 0.594 bits per heavy atom. The Labute approximate surface area is 188 Å². The van der Waals surface area contributed by atoms with Crippen LogP contribution in [0.3, 0.4) is 0 Å². The van der Waals surface area contributed by atoms with E-state index in [-0.39, 0.29) is 0 Å². The molecule has 0 spiro atoms. The monoisotopic (exact) mass is 412 g/mol. The summed E-state index contributed by atoms with van der Waals surface area (Å²) in [6.45, 7) is 0. The number of fused-ring (bicyclic) bond motifs is 1. The molecule has 1 aliphatic carbocycles. The lowest BCUT2D eigenvalue weighted by Gasteiger charge is -2.25. The SMILES string of the molecule is c1ccc(-c2ccccc2-c2cc(C3CCC3)nc(-c3cccc4ccccc34)n2)cc1. The van der Waals surface area contributed by atoms with Crippen LogP contribution in [-0.4, -0.2) is 9.97 Å². The first-order chi connectivity index (χ1) is 15.9. The van der Waals surface area contributed by atoms with Gasteiger partial charge < -0.3 is 0 Å². The number of hydrogen-bond donors (Lipinski definition) is 0. The topological polar surface area (TPSA) is 25.8 Å². The van der Waals surface area contributed by atoms with Crippen molar-refractivity contribution in [3.8, 4) is 33.8 Å². The standard InChI is InChI=1S/C30H24N2/c1-2-10-21(11-3-1)24-16-6-7-18-26(24)29-20-28(23-14-8-15-23)31-30(32-29)27-19-9-13-22-12-4-5-17-25(22)27/h1-7,9-13,16-20,23H,8,14-15H2. The summed E-state index contributed by atoms with van der Waals surface area (Å²) in [4.78, 5) is 10.2. The highest BCUT2D eigenvalue weighted by atomic mass is 14.9. The van der Waals surface area contributed by atoms with Crippen molar-refractivity contribution in [3.05, 3.63) is 109 Å². The number of hydrogen-bond acceptors (Lipinski definition) is 2. The summed E-state index contributed by atoms with van der Waals surface area (Å²) in [5.74, 6) is 1.36. The second-order valence-corrected chi connectivity index (χ2v) is 8.57. The van der Waals surface area contributed by atoms with Crippen molar-refractivity contribution in [2.24, 2.45) is 0 Å². The van der Waals surface area contributed by atoms with E-state index in [1.807, 2.05) is 0 Å². The van der Waals surface area contributed by atoms with Crippen LogP contribution in [0.4, 0.5) is 0 Å². The highest BCUT2D eigenvalue weighted by Crippen LogP contribution is 2.39. The number of nitrogens with zero attached hydrogens (tertiary/aromatic N) is 2. The van der Waals surface area contributed by atoms with Crippen LogP contribution in [0.15, 0.2) is 103 Å². The Kier molecular flexibility index (Phi) is 4.77. The van der Waals surface area contributed by atoms with Crippen molar-refractivity contribution < 1.29 is 0 Å². The molecule has 32 heavy (non-hydrogen) atoms. The maximum atomic E-state index is 5.14. The molecule has 1 saturated carbocycles. The zero-order valence-corrected chi connectivity index (χ0v) is 17.9. The summed E-state index contributed by atoms with van der Waals surface area (Å²) in [6, 6.07) is 36.3. The lowest BCUT2D eigenvalue weighted by atomic mass is 9.82. The van der Waals surface area contributed by atoms with Gasteiger partial charge in [0.2, 0.25) is 0 Å². The summed E-state index contributed by atoms with van der Waals surface area (Å²) in [5, 5.41) is 2.41. The fraction of sp³-hybridized carbons (Fsp3) is 0.133. The molecule has 0 saturated heterocycles. The fourth-order valence-electron chi connectivity index (χ4n) is 4.63. The van der Waals surface area contributed by atoms with E-state index in [4.69, 9.17) is 9.97 Å². The van der Waals surface area contributed by atoms with Crippen LogP contribution < -0.4 is 0 Å². The van der Waals surface area contributed by atoms with Crippen LogP contribution in [0.25, 0.3) is 44.5 Å². The predicted octanol–water partition coefficient (Wildman–Crippen LogP) is 7.90. The Balaban J connectivity index is 1.57. The molecule has 1 heterocycles. The van der Waals surface area contributed by atoms with Crippen LogP contribution in [0, 0.1) is 0 Å². The van der Waals surface area contributed by atoms with Crippen molar-refractivity contribution in [3.63, 3.8) is 0 Å². The molecule has 1 aliphatic rings. The van der Waals surface area contributed by atoms with E-state index in [2.05, 4.69) is 103 Å². The quantitative estimate of drug-likeness (QED) is 0.300. The average molecular weight is 413 g/mol. The summed E-state index contributed by atoms with van der Waals surface area (Å²) in [6.07, 6.45) is 3.71. The van der Waals surface area contributed by atoms with E-state index in [1.165, 1.54) is 46.9 Å². The van der Waals surface area contributed by atoms with E-state index in [1.54, 1.807) is 0 Å². The first-order valence-electron chi connectivity index (χ1n) is 11.4. The summed E-state index contributed by atoms with van der Waals surface area (Å²) < 4.78 is 0. The summed E-state index contributed by atoms with van der Waals surface area (Å²) in [7, 11) is 0. The molecule has 0 N–H and O–H groups in total. The Bertz CT molecular complexity index is 1400. The first kappa shape index (κ1) is 18.9. The van der Waals surface area contributed by atoms with Gasteiger partial charge in [-0.15, -0.1) is 0 Å². The van der Waals surface area contributed by atoms with Gasteiger partial charge in [-0.25, -0.2) is 9.97 Å². The van der Waals surface area contributed by atoms with Crippen molar-refractivity contribution in [2.75, 3.05) is 0 Å². The van der Waals surface area contributed by atoms with Crippen LogP contribution in [0.2, 0.25) is 0 Å². The molecular weight excluding hydrogens is 388 g/mol. The van der Waals surface area contributed by atoms with Crippen molar-refractivity contribution in [1.29, 1.82) is 0 Å². The normalized spacial score (nSPS) is 13.8. The van der Waals surface area contributed by atoms with Crippen molar-refractivity contribution in [2.45, 2.75) is 25.2 Å². The molecule has 0 amide bonds. The molecule has 4 aromatic carbocycles. The van der Waals surface area contributed by atoms with Crippen LogP contribution in [0.1, 0.15) is 30.9 Å². The molecule has 6 rings (SSSR count). The molecule has 1 aromatic heterocycles. The molecule has 0 aliphatic heterocycles. The second kappa shape index (κ2) is 8.05. The lowest BCUT2D eigenvalue weighted by Crippen LogP contribution is -2.12. The van der Waals surface area contributed by atoms with Crippen LogP contribution in [0.5, 0.6) is 0 Å². The zero-order chi connectivity index (χ0) is 21.3. The molecule has 5 aromatic rings. The van der Waals surface area contributed by atoms with E-state index in [0.29, 0.717) is 5.92 Å². The fourth-order valence-corrected chi connectivity index (χ4v) is 4.63. The highest BCUT2D eigenvalue weighted by Gasteiger charge is 2.23. The molecular formula is C30H24N2. The highest BCUT2D eigenvalue weighted by molar-refractivity contribution is 5.95. The molecule has 154 valence electrons. The number of benzene rings is 4. The van der Waals surface area contributed by atoms with Gasteiger partial charge in [-0.2, -0.15) is 0 Å². The van der Waals surface area contributed by atoms with Crippen LogP contribution in [-0.2, 0) is 0 Å². The van der Waals surface area contributed by atoms with Gasteiger partial charge in [-0.3, -0.25) is 0 Å². The maximum absolute atomic E-state index is 5.14. The van der Waals surface area contributed by atoms with Crippen molar-refractivity contribution in [1.82, 2.24) is 9.97 Å². The van der Waals surface area contributed by atoms with Gasteiger partial charge in [-0.05, 0) is 40.8 Å². The smallest absolute Gasteiger partial charge is 0.160 e. The largest absolute Gasteiger partial charge is 0.233 e. The van der Waals surface area contributed by atoms with E-state index >= 15 is 0 Å². The van der Waals surface area contributed by atoms with E-state index < -0.39 is 0 Å². The third-order valence-electron chi connectivity index (χ3n) is 6.59. The number of aromatic nitrogens is 2. The molecule has 0 unspecified atom stereocenters. The molecule has 0 radical (unpaired) electrons. The Morgan fingerprint density at radius 2 is 1.28 bits per heavy atom. The second-order valence-electron chi connectivity index (χ2n) is 8.57. The van der Waals surface area contributed by atoms with Crippen LogP contribution >= 0.6 is 0 Å². The summed E-state index contributed by atoms with van der Waals surface area (Å²) >= 11 is 0. The minimum Gasteiger partial charge on any atom is -0.233 e. The molecule has 1 fully saturated rings. The zero-order valence-electron chi connectivity index (χ0n) is 17.9. The Morgan fingerprint density at radius 3 is 2.09 bits per heavy atom. The van der Waals surface area contributed by atoms with Gasteiger partial charge in [0, 0.05) is 22.7 Å². The minimum atomic E-state index is 0.536. The average Bonchev–Trinajstić information content (AvgIpc) is 2.83. The van der Waals surface area contributed by atoms with Gasteiger partial charge in [0.25, 0.3) is 0 Å². The number of rotatable bonds is 4. The Hall–Kier alpha value is -3.78. The molecule has 2 heteroatoms.